The minimum absolute atomic E-state index is 0.0347. The van der Waals surface area contributed by atoms with Gasteiger partial charge in [0.25, 0.3) is 0 Å². The van der Waals surface area contributed by atoms with Gasteiger partial charge in [-0.3, -0.25) is 4.79 Å². The number of alkyl halides is 2. The third-order valence-corrected chi connectivity index (χ3v) is 3.56. The summed E-state index contributed by atoms with van der Waals surface area (Å²) in [6.45, 7) is 0.428. The van der Waals surface area contributed by atoms with Gasteiger partial charge in [0, 0.05) is 5.02 Å². The van der Waals surface area contributed by atoms with Crippen LogP contribution in [0.4, 0.5) is 14.5 Å². The molecular formula is C13H16BrClF2N2O2. The second-order valence-electron chi connectivity index (χ2n) is 4.76. The van der Waals surface area contributed by atoms with Gasteiger partial charge in [-0.2, -0.15) is 8.78 Å². The van der Waals surface area contributed by atoms with E-state index >= 15 is 0 Å². The number of hydrogen-bond acceptors (Lipinski definition) is 3. The fourth-order valence-corrected chi connectivity index (χ4v) is 2.66. The first-order chi connectivity index (χ1) is 9.67. The van der Waals surface area contributed by atoms with E-state index in [2.05, 4.69) is 26.0 Å². The van der Waals surface area contributed by atoms with Gasteiger partial charge in [-0.15, -0.1) is 0 Å². The zero-order valence-electron chi connectivity index (χ0n) is 11.6. The van der Waals surface area contributed by atoms with Gasteiger partial charge >= 0.3 is 6.61 Å². The van der Waals surface area contributed by atoms with Crippen molar-refractivity contribution in [1.29, 1.82) is 0 Å². The van der Waals surface area contributed by atoms with Crippen molar-refractivity contribution in [2.24, 2.45) is 5.73 Å². The normalized spacial score (nSPS) is 13.9. The van der Waals surface area contributed by atoms with Crippen LogP contribution in [-0.4, -0.2) is 18.1 Å². The molecule has 0 heterocycles. The summed E-state index contributed by atoms with van der Waals surface area (Å²) < 4.78 is 29.5. The number of amides is 1. The average molecular weight is 386 g/mol. The Morgan fingerprint density at radius 1 is 1.57 bits per heavy atom. The Morgan fingerprint density at radius 3 is 2.71 bits per heavy atom. The van der Waals surface area contributed by atoms with Crippen LogP contribution in [0.2, 0.25) is 5.02 Å². The summed E-state index contributed by atoms with van der Waals surface area (Å²) in [4.78, 5) is 12.1. The maximum absolute atomic E-state index is 12.5. The molecule has 1 amide bonds. The van der Waals surface area contributed by atoms with E-state index in [0.29, 0.717) is 12.8 Å². The first-order valence-electron chi connectivity index (χ1n) is 6.21. The van der Waals surface area contributed by atoms with E-state index < -0.39 is 18.1 Å². The van der Waals surface area contributed by atoms with Crippen molar-refractivity contribution < 1.29 is 18.3 Å². The van der Waals surface area contributed by atoms with E-state index in [0.717, 1.165) is 0 Å². The zero-order valence-corrected chi connectivity index (χ0v) is 13.9. The van der Waals surface area contributed by atoms with Crippen molar-refractivity contribution >= 4 is 39.1 Å². The molecule has 1 unspecified atom stereocenters. The molecule has 3 N–H and O–H groups in total. The lowest BCUT2D eigenvalue weighted by atomic mass is 9.96. The SMILES string of the molecule is CCCC(C)(N)C(=O)Nc1cc(Cl)cc(Br)c1OC(F)F. The van der Waals surface area contributed by atoms with E-state index in [1.165, 1.54) is 12.1 Å². The number of nitrogens with two attached hydrogens (primary N) is 1. The summed E-state index contributed by atoms with van der Waals surface area (Å²) in [6, 6.07) is 2.71. The summed E-state index contributed by atoms with van der Waals surface area (Å²) in [5.74, 6) is -0.701. The third-order valence-electron chi connectivity index (χ3n) is 2.75. The Labute approximate surface area is 135 Å². The second kappa shape index (κ2) is 7.38. The fourth-order valence-electron chi connectivity index (χ4n) is 1.76. The maximum Gasteiger partial charge on any atom is 0.387 e. The Hall–Kier alpha value is -0.920. The number of nitrogens with one attached hydrogen (secondary N) is 1. The van der Waals surface area contributed by atoms with Gasteiger partial charge < -0.3 is 15.8 Å². The Bertz CT molecular complexity index is 527. The van der Waals surface area contributed by atoms with Crippen molar-refractivity contribution in [1.82, 2.24) is 0 Å². The molecule has 1 rings (SSSR count). The van der Waals surface area contributed by atoms with Gasteiger partial charge in [-0.1, -0.05) is 24.9 Å². The lowest BCUT2D eigenvalue weighted by Crippen LogP contribution is -2.48. The number of carbonyl (C=O) groups is 1. The van der Waals surface area contributed by atoms with Crippen molar-refractivity contribution in [2.75, 3.05) is 5.32 Å². The highest BCUT2D eigenvalue weighted by molar-refractivity contribution is 9.10. The predicted octanol–water partition coefficient (Wildman–Crippen LogP) is 4.16. The monoisotopic (exact) mass is 384 g/mol. The smallest absolute Gasteiger partial charge is 0.387 e. The van der Waals surface area contributed by atoms with E-state index in [9.17, 15) is 13.6 Å². The average Bonchev–Trinajstić information content (AvgIpc) is 2.33. The number of halogens is 4. The summed E-state index contributed by atoms with van der Waals surface area (Å²) in [7, 11) is 0. The minimum atomic E-state index is -3.03. The minimum Gasteiger partial charge on any atom is -0.431 e. The molecule has 0 fully saturated rings. The summed E-state index contributed by atoms with van der Waals surface area (Å²) in [5.41, 5.74) is 4.82. The fraction of sp³-hybridized carbons (Fsp3) is 0.462. The molecule has 0 bridgehead atoms. The van der Waals surface area contributed by atoms with Gasteiger partial charge in [-0.25, -0.2) is 0 Å². The van der Waals surface area contributed by atoms with E-state index in [1.807, 2.05) is 6.92 Å². The third kappa shape index (κ3) is 5.09. The number of rotatable bonds is 6. The molecule has 0 saturated carbocycles. The number of benzene rings is 1. The van der Waals surface area contributed by atoms with Gasteiger partial charge in [0.05, 0.1) is 15.7 Å². The molecule has 1 aromatic rings. The standard InChI is InChI=1S/C13H16BrClF2N2O2/c1-3-4-13(2,18)11(20)19-9-6-7(15)5-8(14)10(9)21-12(16)17/h5-6,12H,3-4,18H2,1-2H3,(H,19,20). The highest BCUT2D eigenvalue weighted by atomic mass is 79.9. The molecule has 21 heavy (non-hydrogen) atoms. The van der Waals surface area contributed by atoms with Gasteiger partial charge in [0.15, 0.2) is 5.75 Å². The van der Waals surface area contributed by atoms with Crippen LogP contribution in [0.25, 0.3) is 0 Å². The number of ether oxygens (including phenoxy) is 1. The number of anilines is 1. The quantitative estimate of drug-likeness (QED) is 0.773. The maximum atomic E-state index is 12.5. The molecular weight excluding hydrogens is 370 g/mol. The highest BCUT2D eigenvalue weighted by Gasteiger charge is 2.28. The highest BCUT2D eigenvalue weighted by Crippen LogP contribution is 2.38. The molecule has 1 atom stereocenters. The summed E-state index contributed by atoms with van der Waals surface area (Å²) in [6.07, 6.45) is 1.16. The first kappa shape index (κ1) is 18.1. The van der Waals surface area contributed by atoms with Crippen LogP contribution in [0, 0.1) is 0 Å². The van der Waals surface area contributed by atoms with E-state index in [-0.39, 0.29) is 20.9 Å². The molecule has 8 heteroatoms. The largest absolute Gasteiger partial charge is 0.431 e. The van der Waals surface area contributed by atoms with Crippen molar-refractivity contribution in [3.8, 4) is 5.75 Å². The van der Waals surface area contributed by atoms with Crippen LogP contribution in [0.1, 0.15) is 26.7 Å². The second-order valence-corrected chi connectivity index (χ2v) is 6.06. The lowest BCUT2D eigenvalue weighted by Gasteiger charge is -2.24. The van der Waals surface area contributed by atoms with Crippen LogP contribution >= 0.6 is 27.5 Å². The molecule has 118 valence electrons. The molecule has 0 aromatic heterocycles. The van der Waals surface area contributed by atoms with E-state index in [1.54, 1.807) is 6.92 Å². The van der Waals surface area contributed by atoms with Gasteiger partial charge in [-0.05, 0) is 41.4 Å². The molecule has 0 aliphatic carbocycles. The van der Waals surface area contributed by atoms with Gasteiger partial charge in [0.2, 0.25) is 5.91 Å². The molecule has 0 saturated heterocycles. The van der Waals surface area contributed by atoms with Crippen LogP contribution < -0.4 is 15.8 Å². The number of hydrogen-bond donors (Lipinski definition) is 2. The topological polar surface area (TPSA) is 64.4 Å². The predicted molar refractivity (Wildman–Crippen MR) is 81.9 cm³/mol. The first-order valence-corrected chi connectivity index (χ1v) is 7.38. The van der Waals surface area contributed by atoms with Gasteiger partial charge in [0.1, 0.15) is 0 Å². The molecule has 0 radical (unpaired) electrons. The van der Waals surface area contributed by atoms with E-state index in [4.69, 9.17) is 17.3 Å². The summed E-state index contributed by atoms with van der Waals surface area (Å²) in [5, 5.41) is 2.74. The van der Waals surface area contributed by atoms with Crippen molar-refractivity contribution in [3.63, 3.8) is 0 Å². The molecule has 0 spiro atoms. The molecule has 0 aliphatic heterocycles. The van der Waals surface area contributed by atoms with Crippen molar-refractivity contribution in [2.45, 2.75) is 38.8 Å². The van der Waals surface area contributed by atoms with Crippen LogP contribution in [-0.2, 0) is 4.79 Å². The molecule has 0 aliphatic rings. The van der Waals surface area contributed by atoms with Crippen molar-refractivity contribution in [3.05, 3.63) is 21.6 Å². The van der Waals surface area contributed by atoms with Crippen LogP contribution in [0.15, 0.2) is 16.6 Å². The number of carbonyl (C=O) groups excluding carboxylic acids is 1. The van der Waals surface area contributed by atoms with Crippen LogP contribution in [0.5, 0.6) is 5.75 Å². The molecule has 1 aromatic carbocycles. The Balaban J connectivity index is 3.09. The Kier molecular flexibility index (Phi) is 6.37. The zero-order chi connectivity index (χ0) is 16.2. The summed E-state index contributed by atoms with van der Waals surface area (Å²) >= 11 is 8.93. The van der Waals surface area contributed by atoms with Crippen LogP contribution in [0.3, 0.4) is 0 Å². The Morgan fingerprint density at radius 2 is 2.19 bits per heavy atom. The lowest BCUT2D eigenvalue weighted by molar-refractivity contribution is -0.120. The molecule has 4 nitrogen and oxygen atoms in total.